The van der Waals surface area contributed by atoms with Gasteiger partial charge in [0.1, 0.15) is 6.04 Å². The molecule has 1 aliphatic rings. The summed E-state index contributed by atoms with van der Waals surface area (Å²) in [4.78, 5) is 21.9. The monoisotopic (exact) mass is 174 g/mol. The van der Waals surface area contributed by atoms with E-state index in [-0.39, 0.29) is 6.54 Å². The molecule has 1 amide bonds. The molecule has 0 spiro atoms. The third kappa shape index (κ3) is 1.33. The van der Waals surface area contributed by atoms with E-state index >= 15 is 0 Å². The minimum Gasteiger partial charge on any atom is -0.480 e. The van der Waals surface area contributed by atoms with Crippen LogP contribution in [0.3, 0.4) is 0 Å². The lowest BCUT2D eigenvalue weighted by Crippen LogP contribution is -2.47. The molecule has 68 valence electrons. The van der Waals surface area contributed by atoms with Crippen molar-refractivity contribution < 1.29 is 19.8 Å². The number of hydrogen-bond acceptors (Lipinski definition) is 3. The highest BCUT2D eigenvalue weighted by atomic mass is 16.4. The fourth-order valence-corrected chi connectivity index (χ4v) is 1.35. The molecule has 12 heavy (non-hydrogen) atoms. The molecule has 1 saturated heterocycles. The zero-order chi connectivity index (χ0) is 9.30. The zero-order valence-electron chi connectivity index (χ0n) is 6.30. The molecule has 6 heteroatoms. The highest BCUT2D eigenvalue weighted by Crippen LogP contribution is 2.16. The molecule has 2 unspecified atom stereocenters. The van der Waals surface area contributed by atoms with E-state index in [9.17, 15) is 9.59 Å². The lowest BCUT2D eigenvalue weighted by Gasteiger charge is -2.19. The lowest BCUT2D eigenvalue weighted by molar-refractivity contribution is -0.141. The average molecular weight is 174 g/mol. The first-order chi connectivity index (χ1) is 5.54. The number of carboxylic acid groups (broad SMARTS) is 2. The van der Waals surface area contributed by atoms with Crippen LogP contribution in [0, 0.1) is 0 Å². The average Bonchev–Trinajstić information content (AvgIpc) is 2.30. The molecule has 2 atom stereocenters. The van der Waals surface area contributed by atoms with E-state index in [1.165, 1.54) is 0 Å². The van der Waals surface area contributed by atoms with Gasteiger partial charge >= 0.3 is 12.1 Å². The van der Waals surface area contributed by atoms with E-state index in [1.54, 1.807) is 0 Å². The molecule has 0 aromatic rings. The van der Waals surface area contributed by atoms with Crippen LogP contribution in [0.1, 0.15) is 6.42 Å². The van der Waals surface area contributed by atoms with E-state index in [0.717, 1.165) is 4.90 Å². The first kappa shape index (κ1) is 8.79. The number of likely N-dealkylation sites (tertiary alicyclic amines) is 1. The molecule has 0 aromatic heterocycles. The quantitative estimate of drug-likeness (QED) is 0.480. The van der Waals surface area contributed by atoms with Crippen LogP contribution < -0.4 is 5.73 Å². The number of nitrogens with two attached hydrogens (primary N) is 1. The Balaban J connectivity index is 2.77. The minimum atomic E-state index is -1.23. The topological polar surface area (TPSA) is 104 Å². The second-order valence-electron chi connectivity index (χ2n) is 2.71. The van der Waals surface area contributed by atoms with E-state index in [4.69, 9.17) is 15.9 Å². The van der Waals surface area contributed by atoms with Crippen molar-refractivity contribution in [2.45, 2.75) is 18.5 Å². The summed E-state index contributed by atoms with van der Waals surface area (Å²) < 4.78 is 0. The maximum Gasteiger partial charge on any atom is 0.408 e. The number of carboxylic acids is 1. The van der Waals surface area contributed by atoms with E-state index in [1.807, 2.05) is 0 Å². The molecular formula is C6H10N2O4. The van der Waals surface area contributed by atoms with Gasteiger partial charge in [0.15, 0.2) is 0 Å². The van der Waals surface area contributed by atoms with Gasteiger partial charge in [-0.05, 0) is 6.42 Å². The van der Waals surface area contributed by atoms with Crippen molar-refractivity contribution in [3.05, 3.63) is 0 Å². The number of aliphatic carboxylic acids is 1. The van der Waals surface area contributed by atoms with Gasteiger partial charge in [0.25, 0.3) is 0 Å². The molecule has 0 radical (unpaired) electrons. The summed E-state index contributed by atoms with van der Waals surface area (Å²) >= 11 is 0. The molecule has 0 aliphatic carbocycles. The van der Waals surface area contributed by atoms with Crippen LogP contribution in [0.15, 0.2) is 0 Å². The van der Waals surface area contributed by atoms with Crippen LogP contribution in [0.25, 0.3) is 0 Å². The summed E-state index contributed by atoms with van der Waals surface area (Å²) in [6.07, 6.45) is -0.821. The molecule has 0 aromatic carbocycles. The molecule has 1 fully saturated rings. The Labute approximate surface area is 68.6 Å². The normalized spacial score (nSPS) is 28.9. The fraction of sp³-hybridized carbons (Fsp3) is 0.667. The van der Waals surface area contributed by atoms with Crippen LogP contribution in [0.2, 0.25) is 0 Å². The van der Waals surface area contributed by atoms with Crippen LogP contribution in [0.4, 0.5) is 4.79 Å². The predicted octanol–water partition coefficient (Wildman–Crippen LogP) is -0.849. The maximum atomic E-state index is 10.5. The second kappa shape index (κ2) is 2.98. The Hall–Kier alpha value is -1.30. The summed E-state index contributed by atoms with van der Waals surface area (Å²) in [6.45, 7) is 0.202. The van der Waals surface area contributed by atoms with Gasteiger partial charge in [0, 0.05) is 12.6 Å². The van der Waals surface area contributed by atoms with Crippen molar-refractivity contribution in [3.8, 4) is 0 Å². The summed E-state index contributed by atoms with van der Waals surface area (Å²) in [6, 6.07) is -1.67. The van der Waals surface area contributed by atoms with Crippen molar-refractivity contribution in [1.29, 1.82) is 0 Å². The molecular weight excluding hydrogens is 164 g/mol. The van der Waals surface area contributed by atoms with Gasteiger partial charge in [-0.15, -0.1) is 0 Å². The van der Waals surface area contributed by atoms with Gasteiger partial charge in [-0.3, -0.25) is 4.90 Å². The smallest absolute Gasteiger partial charge is 0.408 e. The van der Waals surface area contributed by atoms with Gasteiger partial charge in [-0.1, -0.05) is 0 Å². The zero-order valence-corrected chi connectivity index (χ0v) is 6.30. The molecule has 4 N–H and O–H groups in total. The third-order valence-corrected chi connectivity index (χ3v) is 1.94. The third-order valence-electron chi connectivity index (χ3n) is 1.94. The van der Waals surface area contributed by atoms with Crippen LogP contribution in [-0.2, 0) is 4.79 Å². The lowest BCUT2D eigenvalue weighted by atomic mass is 10.1. The Bertz CT molecular complexity index is 218. The van der Waals surface area contributed by atoms with Crippen molar-refractivity contribution in [1.82, 2.24) is 4.90 Å². The first-order valence-electron chi connectivity index (χ1n) is 3.52. The van der Waals surface area contributed by atoms with Gasteiger partial charge in [0.2, 0.25) is 0 Å². The second-order valence-corrected chi connectivity index (χ2v) is 2.71. The van der Waals surface area contributed by atoms with Gasteiger partial charge in [0.05, 0.1) is 0 Å². The number of carbonyl (C=O) groups is 2. The van der Waals surface area contributed by atoms with E-state index in [0.29, 0.717) is 6.42 Å². The number of nitrogens with zero attached hydrogens (tertiary/aromatic N) is 1. The van der Waals surface area contributed by atoms with Crippen molar-refractivity contribution in [3.63, 3.8) is 0 Å². The van der Waals surface area contributed by atoms with E-state index in [2.05, 4.69) is 0 Å². The summed E-state index contributed by atoms with van der Waals surface area (Å²) in [5.74, 6) is -1.18. The fourth-order valence-electron chi connectivity index (χ4n) is 1.35. The predicted molar refractivity (Wildman–Crippen MR) is 38.7 cm³/mol. The molecule has 6 nitrogen and oxygen atoms in total. The number of amides is 1. The Morgan fingerprint density at radius 3 is 2.33 bits per heavy atom. The maximum absolute atomic E-state index is 10.5. The van der Waals surface area contributed by atoms with Crippen molar-refractivity contribution >= 4 is 12.1 Å². The SMILES string of the molecule is NC1CCN(C(=O)O)C1C(=O)O. The standard InChI is InChI=1S/C6H10N2O4/c7-3-1-2-8(6(11)12)4(3)5(9)10/h3-4H,1-2,7H2,(H,9,10)(H,11,12). The Kier molecular flexibility index (Phi) is 2.18. The number of rotatable bonds is 1. The first-order valence-corrected chi connectivity index (χ1v) is 3.52. The molecule has 1 rings (SSSR count). The molecule has 1 aliphatic heterocycles. The highest BCUT2D eigenvalue weighted by molar-refractivity contribution is 5.80. The van der Waals surface area contributed by atoms with Crippen LogP contribution >= 0.6 is 0 Å². The minimum absolute atomic E-state index is 0.202. The van der Waals surface area contributed by atoms with Crippen LogP contribution in [0.5, 0.6) is 0 Å². The summed E-state index contributed by atoms with van der Waals surface area (Å²) in [5.41, 5.74) is 5.42. The number of hydrogen-bond donors (Lipinski definition) is 3. The summed E-state index contributed by atoms with van der Waals surface area (Å²) in [7, 11) is 0. The van der Waals surface area contributed by atoms with Gasteiger partial charge in [-0.2, -0.15) is 0 Å². The molecule has 0 saturated carbocycles. The van der Waals surface area contributed by atoms with Gasteiger partial charge < -0.3 is 15.9 Å². The largest absolute Gasteiger partial charge is 0.480 e. The highest BCUT2D eigenvalue weighted by Gasteiger charge is 2.39. The Morgan fingerprint density at radius 1 is 1.42 bits per heavy atom. The van der Waals surface area contributed by atoms with Gasteiger partial charge in [-0.25, -0.2) is 9.59 Å². The van der Waals surface area contributed by atoms with E-state index < -0.39 is 24.1 Å². The van der Waals surface area contributed by atoms with Crippen molar-refractivity contribution in [2.24, 2.45) is 5.73 Å². The van der Waals surface area contributed by atoms with Crippen LogP contribution in [-0.4, -0.2) is 45.8 Å². The molecule has 1 heterocycles. The Morgan fingerprint density at radius 2 is 2.00 bits per heavy atom. The molecule has 0 bridgehead atoms. The van der Waals surface area contributed by atoms with Crippen molar-refractivity contribution in [2.75, 3.05) is 6.54 Å². The summed E-state index contributed by atoms with van der Waals surface area (Å²) in [5, 5.41) is 17.2.